The van der Waals surface area contributed by atoms with Crippen molar-refractivity contribution in [2.24, 2.45) is 11.8 Å². The molecule has 6 nitrogen and oxygen atoms in total. The van der Waals surface area contributed by atoms with Gasteiger partial charge in [0.15, 0.2) is 0 Å². The van der Waals surface area contributed by atoms with Crippen molar-refractivity contribution in [3.8, 4) is 0 Å². The molecule has 0 saturated carbocycles. The van der Waals surface area contributed by atoms with Gasteiger partial charge in [-0.15, -0.1) is 0 Å². The van der Waals surface area contributed by atoms with Crippen LogP contribution in [0.15, 0.2) is 22.8 Å². The second-order valence-electron chi connectivity index (χ2n) is 5.16. The first-order chi connectivity index (χ1) is 9.60. The molecule has 2 atom stereocenters. The maximum absolute atomic E-state index is 11.8. The molecule has 1 aromatic rings. The Morgan fingerprint density at radius 2 is 2.30 bits per heavy atom. The number of carbonyl (C=O) groups is 2. The van der Waals surface area contributed by atoms with Gasteiger partial charge in [0.1, 0.15) is 5.76 Å². The van der Waals surface area contributed by atoms with Gasteiger partial charge >= 0.3 is 5.97 Å². The number of nitrogens with zero attached hydrogens (tertiary/aromatic N) is 1. The molecule has 20 heavy (non-hydrogen) atoms. The average Bonchev–Trinajstić information content (AvgIpc) is 3.05. The van der Waals surface area contributed by atoms with E-state index in [1.807, 2.05) is 17.9 Å². The van der Waals surface area contributed by atoms with E-state index in [0.29, 0.717) is 19.6 Å². The Balaban J connectivity index is 1.76. The molecule has 1 amide bonds. The lowest BCUT2D eigenvalue weighted by Gasteiger charge is -2.14. The lowest BCUT2D eigenvalue weighted by atomic mass is 9.99. The van der Waals surface area contributed by atoms with E-state index in [1.54, 1.807) is 12.3 Å². The van der Waals surface area contributed by atoms with Crippen LogP contribution >= 0.6 is 0 Å². The van der Waals surface area contributed by atoms with Crippen molar-refractivity contribution in [3.63, 3.8) is 0 Å². The summed E-state index contributed by atoms with van der Waals surface area (Å²) in [5.74, 6) is 0.522. The third-order valence-corrected chi connectivity index (χ3v) is 3.60. The number of furan rings is 1. The zero-order valence-electron chi connectivity index (χ0n) is 11.8. The standard InChI is InChI=1S/C14H20N2O4/c1-10-7-16(8-12(10)14(18)19-2)9-13(17)15-6-11-4-3-5-20-11/h3-5,10,12H,6-9H2,1-2H3,(H,15,17). The van der Waals surface area contributed by atoms with Crippen LogP contribution < -0.4 is 5.32 Å². The molecule has 0 aliphatic carbocycles. The molecule has 0 spiro atoms. The summed E-state index contributed by atoms with van der Waals surface area (Å²) in [6, 6.07) is 3.59. The number of amides is 1. The van der Waals surface area contributed by atoms with E-state index >= 15 is 0 Å². The van der Waals surface area contributed by atoms with Crippen molar-refractivity contribution in [1.82, 2.24) is 10.2 Å². The van der Waals surface area contributed by atoms with Crippen molar-refractivity contribution in [1.29, 1.82) is 0 Å². The maximum Gasteiger partial charge on any atom is 0.310 e. The summed E-state index contributed by atoms with van der Waals surface area (Å²) in [7, 11) is 1.40. The molecule has 0 aromatic carbocycles. The molecule has 6 heteroatoms. The number of rotatable bonds is 5. The highest BCUT2D eigenvalue weighted by molar-refractivity contribution is 5.78. The minimum atomic E-state index is -0.198. The molecular weight excluding hydrogens is 260 g/mol. The van der Waals surface area contributed by atoms with E-state index in [0.717, 1.165) is 12.3 Å². The van der Waals surface area contributed by atoms with Gasteiger partial charge < -0.3 is 14.5 Å². The lowest BCUT2D eigenvalue weighted by molar-refractivity contribution is -0.146. The van der Waals surface area contributed by atoms with Gasteiger partial charge in [-0.2, -0.15) is 0 Å². The fourth-order valence-electron chi connectivity index (χ4n) is 2.51. The number of nitrogens with one attached hydrogen (secondary N) is 1. The molecule has 0 bridgehead atoms. The second-order valence-corrected chi connectivity index (χ2v) is 5.16. The van der Waals surface area contributed by atoms with Gasteiger partial charge in [-0.3, -0.25) is 14.5 Å². The van der Waals surface area contributed by atoms with Crippen LogP contribution in [0.5, 0.6) is 0 Å². The van der Waals surface area contributed by atoms with Crippen molar-refractivity contribution < 1.29 is 18.7 Å². The molecule has 2 rings (SSSR count). The monoisotopic (exact) mass is 280 g/mol. The van der Waals surface area contributed by atoms with E-state index in [-0.39, 0.29) is 23.7 Å². The van der Waals surface area contributed by atoms with E-state index in [1.165, 1.54) is 7.11 Å². The molecule has 1 saturated heterocycles. The van der Waals surface area contributed by atoms with Gasteiger partial charge in [0.05, 0.1) is 32.4 Å². The Bertz CT molecular complexity index is 458. The number of methoxy groups -OCH3 is 1. The average molecular weight is 280 g/mol. The molecule has 1 aromatic heterocycles. The largest absolute Gasteiger partial charge is 0.469 e. The third-order valence-electron chi connectivity index (χ3n) is 3.60. The van der Waals surface area contributed by atoms with E-state index < -0.39 is 0 Å². The summed E-state index contributed by atoms with van der Waals surface area (Å²) >= 11 is 0. The fourth-order valence-corrected chi connectivity index (χ4v) is 2.51. The predicted octanol–water partition coefficient (Wildman–Crippen LogP) is 0.637. The Kier molecular flexibility index (Phi) is 4.79. The zero-order valence-corrected chi connectivity index (χ0v) is 11.8. The molecule has 2 unspecified atom stereocenters. The predicted molar refractivity (Wildman–Crippen MR) is 71.7 cm³/mol. The van der Waals surface area contributed by atoms with Crippen LogP contribution in [0.2, 0.25) is 0 Å². The first kappa shape index (κ1) is 14.6. The summed E-state index contributed by atoms with van der Waals surface area (Å²) in [6.45, 7) is 3.98. The Labute approximate surface area is 118 Å². The van der Waals surface area contributed by atoms with Crippen molar-refractivity contribution in [2.45, 2.75) is 13.5 Å². The SMILES string of the molecule is COC(=O)C1CN(CC(=O)NCc2ccco2)CC1C. The van der Waals surface area contributed by atoms with Gasteiger partial charge in [-0.25, -0.2) is 0 Å². The summed E-state index contributed by atoms with van der Waals surface area (Å²) in [5.41, 5.74) is 0. The highest BCUT2D eigenvalue weighted by atomic mass is 16.5. The van der Waals surface area contributed by atoms with Crippen molar-refractivity contribution in [3.05, 3.63) is 24.2 Å². The van der Waals surface area contributed by atoms with Crippen LogP contribution in [-0.2, 0) is 20.9 Å². The van der Waals surface area contributed by atoms with Crippen LogP contribution in [0.1, 0.15) is 12.7 Å². The molecule has 0 radical (unpaired) electrons. The van der Waals surface area contributed by atoms with E-state index in [2.05, 4.69) is 5.32 Å². The molecule has 1 aliphatic heterocycles. The number of likely N-dealkylation sites (tertiary alicyclic amines) is 1. The highest BCUT2D eigenvalue weighted by Crippen LogP contribution is 2.23. The minimum Gasteiger partial charge on any atom is -0.469 e. The van der Waals surface area contributed by atoms with Crippen molar-refractivity contribution >= 4 is 11.9 Å². The quantitative estimate of drug-likeness (QED) is 0.801. The van der Waals surface area contributed by atoms with Gasteiger partial charge in [0, 0.05) is 13.1 Å². The van der Waals surface area contributed by atoms with Crippen LogP contribution in [-0.4, -0.2) is 43.5 Å². The number of hydrogen-bond donors (Lipinski definition) is 1. The zero-order chi connectivity index (χ0) is 14.5. The smallest absolute Gasteiger partial charge is 0.310 e. The first-order valence-electron chi connectivity index (χ1n) is 6.69. The number of ether oxygens (including phenoxy) is 1. The summed E-state index contributed by atoms with van der Waals surface area (Å²) in [5, 5.41) is 2.79. The summed E-state index contributed by atoms with van der Waals surface area (Å²) < 4.78 is 9.92. The molecule has 2 heterocycles. The van der Waals surface area contributed by atoms with Crippen LogP contribution in [0.4, 0.5) is 0 Å². The highest BCUT2D eigenvalue weighted by Gasteiger charge is 2.35. The van der Waals surface area contributed by atoms with E-state index in [9.17, 15) is 9.59 Å². The molecule has 110 valence electrons. The molecule has 1 aliphatic rings. The summed E-state index contributed by atoms with van der Waals surface area (Å²) in [4.78, 5) is 25.4. The number of esters is 1. The Morgan fingerprint density at radius 1 is 1.50 bits per heavy atom. The van der Waals surface area contributed by atoms with Crippen LogP contribution in [0.3, 0.4) is 0 Å². The number of carbonyl (C=O) groups excluding carboxylic acids is 2. The third kappa shape index (κ3) is 3.60. The van der Waals surface area contributed by atoms with Gasteiger partial charge in [-0.1, -0.05) is 6.92 Å². The maximum atomic E-state index is 11.8. The van der Waals surface area contributed by atoms with Gasteiger partial charge in [0.25, 0.3) is 0 Å². The molecule has 1 fully saturated rings. The topological polar surface area (TPSA) is 71.8 Å². The van der Waals surface area contributed by atoms with Crippen LogP contribution in [0, 0.1) is 11.8 Å². The molecular formula is C14H20N2O4. The van der Waals surface area contributed by atoms with E-state index in [4.69, 9.17) is 9.15 Å². The second kappa shape index (κ2) is 6.56. The first-order valence-corrected chi connectivity index (χ1v) is 6.69. The fraction of sp³-hybridized carbons (Fsp3) is 0.571. The Morgan fingerprint density at radius 3 is 2.95 bits per heavy atom. The normalized spacial score (nSPS) is 22.7. The minimum absolute atomic E-state index is 0.0703. The van der Waals surface area contributed by atoms with Crippen LogP contribution in [0.25, 0.3) is 0 Å². The van der Waals surface area contributed by atoms with Gasteiger partial charge in [0.2, 0.25) is 5.91 Å². The molecule has 1 N–H and O–H groups in total. The number of hydrogen-bond acceptors (Lipinski definition) is 5. The van der Waals surface area contributed by atoms with Gasteiger partial charge in [-0.05, 0) is 18.1 Å². The Hall–Kier alpha value is -1.82. The lowest BCUT2D eigenvalue weighted by Crippen LogP contribution is -2.36. The summed E-state index contributed by atoms with van der Waals surface area (Å²) in [6.07, 6.45) is 1.57. The van der Waals surface area contributed by atoms with Crippen molar-refractivity contribution in [2.75, 3.05) is 26.7 Å².